The maximum Gasteiger partial charge on any atom is 0.257 e. The molecule has 0 unspecified atom stereocenters. The third-order valence-corrected chi connectivity index (χ3v) is 4.47. The van der Waals surface area contributed by atoms with Crippen molar-refractivity contribution in [3.05, 3.63) is 46.7 Å². The highest BCUT2D eigenvalue weighted by Crippen LogP contribution is 2.20. The summed E-state index contributed by atoms with van der Waals surface area (Å²) in [4.78, 5) is 14.6. The lowest BCUT2D eigenvalue weighted by Crippen LogP contribution is -2.40. The Morgan fingerprint density at radius 3 is 3.14 bits per heavy atom. The molecule has 1 saturated heterocycles. The van der Waals surface area contributed by atoms with Crippen LogP contribution in [-0.2, 0) is 0 Å². The van der Waals surface area contributed by atoms with Gasteiger partial charge in [0.25, 0.3) is 5.91 Å². The molecule has 0 saturated carbocycles. The Morgan fingerprint density at radius 1 is 1.50 bits per heavy atom. The second-order valence-electron chi connectivity index (χ2n) is 5.51. The van der Waals surface area contributed by atoms with Gasteiger partial charge in [0.05, 0.1) is 17.4 Å². The summed E-state index contributed by atoms with van der Waals surface area (Å²) >= 11 is 3.45. The summed E-state index contributed by atoms with van der Waals surface area (Å²) in [7, 11) is 1.92. The van der Waals surface area contributed by atoms with E-state index in [0.29, 0.717) is 5.56 Å². The largest absolute Gasteiger partial charge is 0.334 e. The van der Waals surface area contributed by atoms with Crippen molar-refractivity contribution >= 4 is 21.8 Å². The van der Waals surface area contributed by atoms with Crippen LogP contribution in [0.25, 0.3) is 5.69 Å². The summed E-state index contributed by atoms with van der Waals surface area (Å²) in [6, 6.07) is 8.14. The number of carbonyl (C=O) groups is 1. The molecule has 1 aliphatic heterocycles. The van der Waals surface area contributed by atoms with Crippen molar-refractivity contribution in [2.45, 2.75) is 18.9 Å². The van der Waals surface area contributed by atoms with Gasteiger partial charge in [-0.3, -0.25) is 4.79 Å². The highest BCUT2D eigenvalue weighted by atomic mass is 79.9. The van der Waals surface area contributed by atoms with Crippen LogP contribution >= 0.6 is 15.9 Å². The summed E-state index contributed by atoms with van der Waals surface area (Å²) in [5.74, 6) is 0.0685. The molecule has 2 heterocycles. The SMILES string of the molecule is CNC[C@@H]1CCCN1C(=O)c1cnn(-c2cccc(Br)c2)c1. The van der Waals surface area contributed by atoms with Crippen LogP contribution in [0.4, 0.5) is 0 Å². The molecule has 1 aromatic heterocycles. The van der Waals surface area contributed by atoms with E-state index in [1.807, 2.05) is 36.2 Å². The molecular weight excluding hydrogens is 344 g/mol. The molecule has 0 radical (unpaired) electrons. The smallest absolute Gasteiger partial charge is 0.257 e. The van der Waals surface area contributed by atoms with E-state index in [1.54, 1.807) is 17.1 Å². The number of nitrogens with zero attached hydrogens (tertiary/aromatic N) is 3. The van der Waals surface area contributed by atoms with E-state index in [-0.39, 0.29) is 11.9 Å². The first kappa shape index (κ1) is 15.2. The van der Waals surface area contributed by atoms with Gasteiger partial charge in [0, 0.05) is 29.8 Å². The zero-order chi connectivity index (χ0) is 15.5. The maximum atomic E-state index is 12.7. The molecule has 3 rings (SSSR count). The maximum absolute atomic E-state index is 12.7. The number of hydrogen-bond acceptors (Lipinski definition) is 3. The first-order valence-electron chi connectivity index (χ1n) is 7.45. The second-order valence-corrected chi connectivity index (χ2v) is 6.42. The Labute approximate surface area is 138 Å². The summed E-state index contributed by atoms with van der Waals surface area (Å²) in [6.07, 6.45) is 5.58. The topological polar surface area (TPSA) is 50.2 Å². The number of hydrogen-bond donors (Lipinski definition) is 1. The fourth-order valence-electron chi connectivity index (χ4n) is 2.91. The first-order chi connectivity index (χ1) is 10.7. The van der Waals surface area contributed by atoms with E-state index >= 15 is 0 Å². The minimum absolute atomic E-state index is 0.0685. The summed E-state index contributed by atoms with van der Waals surface area (Å²) in [5.41, 5.74) is 1.57. The third kappa shape index (κ3) is 3.08. The minimum atomic E-state index is 0.0685. The van der Waals surface area contributed by atoms with Gasteiger partial charge in [-0.1, -0.05) is 22.0 Å². The Hall–Kier alpha value is -1.66. The molecule has 0 aliphatic carbocycles. The van der Waals surface area contributed by atoms with Gasteiger partial charge in [-0.2, -0.15) is 5.10 Å². The number of carbonyl (C=O) groups excluding carboxylic acids is 1. The average Bonchev–Trinajstić information content (AvgIpc) is 3.16. The molecule has 1 aromatic carbocycles. The standard InChI is InChI=1S/C16H19BrN4O/c1-18-10-15-6-3-7-20(15)16(22)12-9-19-21(11-12)14-5-2-4-13(17)8-14/h2,4-5,8-9,11,15,18H,3,6-7,10H2,1H3/t15-/m0/s1. The molecule has 22 heavy (non-hydrogen) atoms. The molecule has 1 fully saturated rings. The van der Waals surface area contributed by atoms with Crippen LogP contribution in [-0.4, -0.2) is 46.8 Å². The van der Waals surface area contributed by atoms with Crippen LogP contribution in [0.3, 0.4) is 0 Å². The van der Waals surface area contributed by atoms with Crippen molar-refractivity contribution in [2.75, 3.05) is 20.1 Å². The Kier molecular flexibility index (Phi) is 4.59. The van der Waals surface area contributed by atoms with Crippen LogP contribution in [0.15, 0.2) is 41.1 Å². The van der Waals surface area contributed by atoms with E-state index in [1.165, 1.54) is 0 Å². The van der Waals surface area contributed by atoms with Gasteiger partial charge in [-0.05, 0) is 38.1 Å². The van der Waals surface area contributed by atoms with Crippen molar-refractivity contribution < 1.29 is 4.79 Å². The van der Waals surface area contributed by atoms with Crippen molar-refractivity contribution in [3.8, 4) is 5.69 Å². The number of halogens is 1. The van der Waals surface area contributed by atoms with Crippen LogP contribution in [0.2, 0.25) is 0 Å². The Bertz CT molecular complexity index is 670. The van der Waals surface area contributed by atoms with E-state index in [9.17, 15) is 4.79 Å². The minimum Gasteiger partial charge on any atom is -0.334 e. The first-order valence-corrected chi connectivity index (χ1v) is 8.24. The molecule has 6 heteroatoms. The number of aromatic nitrogens is 2. The Balaban J connectivity index is 1.80. The zero-order valence-corrected chi connectivity index (χ0v) is 14.1. The number of benzene rings is 1. The predicted octanol–water partition coefficient (Wildman–Crippen LogP) is 2.46. The number of rotatable bonds is 4. The Morgan fingerprint density at radius 2 is 2.36 bits per heavy atom. The van der Waals surface area contributed by atoms with Crippen molar-refractivity contribution in [3.63, 3.8) is 0 Å². The summed E-state index contributed by atoms with van der Waals surface area (Å²) in [5, 5.41) is 7.49. The number of likely N-dealkylation sites (tertiary alicyclic amines) is 1. The zero-order valence-electron chi connectivity index (χ0n) is 12.5. The van der Waals surface area contributed by atoms with Gasteiger partial charge in [-0.25, -0.2) is 4.68 Å². The molecule has 1 aliphatic rings. The number of nitrogens with one attached hydrogen (secondary N) is 1. The lowest BCUT2D eigenvalue weighted by atomic mass is 10.2. The third-order valence-electron chi connectivity index (χ3n) is 3.98. The van der Waals surface area contributed by atoms with Crippen LogP contribution in [0.1, 0.15) is 23.2 Å². The van der Waals surface area contributed by atoms with Crippen molar-refractivity contribution in [1.29, 1.82) is 0 Å². The van der Waals surface area contributed by atoms with E-state index in [4.69, 9.17) is 0 Å². The molecular formula is C16H19BrN4O. The molecule has 1 N–H and O–H groups in total. The molecule has 2 aromatic rings. The van der Waals surface area contributed by atoms with E-state index < -0.39 is 0 Å². The van der Waals surface area contributed by atoms with Gasteiger partial charge in [-0.15, -0.1) is 0 Å². The molecule has 1 atom stereocenters. The fourth-order valence-corrected chi connectivity index (χ4v) is 3.30. The van der Waals surface area contributed by atoms with E-state index in [0.717, 1.165) is 36.1 Å². The lowest BCUT2D eigenvalue weighted by Gasteiger charge is -2.23. The summed E-state index contributed by atoms with van der Waals surface area (Å²) < 4.78 is 2.73. The quantitative estimate of drug-likeness (QED) is 0.908. The van der Waals surface area contributed by atoms with Crippen LogP contribution in [0, 0.1) is 0 Å². The summed E-state index contributed by atoms with van der Waals surface area (Å²) in [6.45, 7) is 1.67. The van der Waals surface area contributed by atoms with Gasteiger partial charge < -0.3 is 10.2 Å². The van der Waals surface area contributed by atoms with Crippen molar-refractivity contribution in [2.24, 2.45) is 0 Å². The number of likely N-dealkylation sites (N-methyl/N-ethyl adjacent to an activating group) is 1. The van der Waals surface area contributed by atoms with Crippen LogP contribution in [0.5, 0.6) is 0 Å². The van der Waals surface area contributed by atoms with Crippen LogP contribution < -0.4 is 5.32 Å². The molecule has 0 spiro atoms. The average molecular weight is 363 g/mol. The monoisotopic (exact) mass is 362 g/mol. The molecule has 5 nitrogen and oxygen atoms in total. The number of amides is 1. The fraction of sp³-hybridized carbons (Fsp3) is 0.375. The van der Waals surface area contributed by atoms with Gasteiger partial charge in [0.2, 0.25) is 0 Å². The second kappa shape index (κ2) is 6.62. The predicted molar refractivity (Wildman–Crippen MR) is 89.2 cm³/mol. The van der Waals surface area contributed by atoms with Gasteiger partial charge in [0.1, 0.15) is 0 Å². The van der Waals surface area contributed by atoms with Gasteiger partial charge >= 0.3 is 0 Å². The van der Waals surface area contributed by atoms with E-state index in [2.05, 4.69) is 26.3 Å². The van der Waals surface area contributed by atoms with Crippen molar-refractivity contribution in [1.82, 2.24) is 20.0 Å². The molecule has 0 bridgehead atoms. The highest BCUT2D eigenvalue weighted by molar-refractivity contribution is 9.10. The molecule has 116 valence electrons. The highest BCUT2D eigenvalue weighted by Gasteiger charge is 2.29. The lowest BCUT2D eigenvalue weighted by molar-refractivity contribution is 0.0737. The molecule has 1 amide bonds. The van der Waals surface area contributed by atoms with Gasteiger partial charge in [0.15, 0.2) is 0 Å². The normalized spacial score (nSPS) is 17.9.